The second kappa shape index (κ2) is 6.87. The second-order valence-corrected chi connectivity index (χ2v) is 6.14. The summed E-state index contributed by atoms with van der Waals surface area (Å²) in [6.45, 7) is 0.808. The summed E-state index contributed by atoms with van der Waals surface area (Å²) in [7, 11) is 0. The molecule has 122 valence electrons. The van der Waals surface area contributed by atoms with Crippen LogP contribution in [-0.4, -0.2) is 30.1 Å². The molecule has 0 aromatic heterocycles. The van der Waals surface area contributed by atoms with Crippen LogP contribution in [0.4, 0.5) is 18.0 Å². The fraction of sp³-hybridized carbons (Fsp3) is 0.500. The first-order chi connectivity index (χ1) is 10.3. The molecule has 0 bridgehead atoms. The molecule has 0 spiro atoms. The number of nitrogens with two attached hydrogens (primary N) is 1. The average molecular weight is 381 g/mol. The highest BCUT2D eigenvalue weighted by Gasteiger charge is 2.31. The van der Waals surface area contributed by atoms with Crippen LogP contribution in [0.3, 0.4) is 0 Å². The highest BCUT2D eigenvalue weighted by atomic mass is 79.9. The summed E-state index contributed by atoms with van der Waals surface area (Å²) in [5.41, 5.74) is 5.25. The molecule has 1 fully saturated rings. The van der Waals surface area contributed by atoms with E-state index in [2.05, 4.69) is 15.9 Å². The summed E-state index contributed by atoms with van der Waals surface area (Å²) in [6, 6.07) is 3.54. The summed E-state index contributed by atoms with van der Waals surface area (Å²) in [4.78, 5) is 13.4. The zero-order valence-corrected chi connectivity index (χ0v) is 13.3. The smallest absolute Gasteiger partial charge is 0.416 e. The lowest BCUT2D eigenvalue weighted by Crippen LogP contribution is -2.43. The van der Waals surface area contributed by atoms with Gasteiger partial charge < -0.3 is 15.4 Å². The number of benzene rings is 1. The predicted octanol–water partition coefficient (Wildman–Crippen LogP) is 3.53. The number of piperidine rings is 1. The summed E-state index contributed by atoms with van der Waals surface area (Å²) < 4.78 is 43.5. The van der Waals surface area contributed by atoms with Crippen molar-refractivity contribution in [3.8, 4) is 0 Å². The minimum atomic E-state index is -4.44. The molecule has 1 aromatic carbocycles. The van der Waals surface area contributed by atoms with Crippen LogP contribution in [0.5, 0.6) is 0 Å². The summed E-state index contributed by atoms with van der Waals surface area (Å²) in [6.07, 6.45) is -3.57. The standard InChI is InChI=1S/C14H16BrF3N2O2/c15-11-6-9(5-10(7-11)14(16,17)18)8-22-13(21)20-3-1-12(19)2-4-20/h5-7,12H,1-4,8,19H2. The quantitative estimate of drug-likeness (QED) is 0.853. The molecule has 0 unspecified atom stereocenters. The van der Waals surface area contributed by atoms with E-state index in [1.807, 2.05) is 0 Å². The maximum absolute atomic E-state index is 12.7. The predicted molar refractivity (Wildman–Crippen MR) is 78.1 cm³/mol. The molecule has 1 aromatic rings. The number of amides is 1. The monoisotopic (exact) mass is 380 g/mol. The summed E-state index contributed by atoms with van der Waals surface area (Å²) in [5, 5.41) is 0. The Morgan fingerprint density at radius 2 is 1.95 bits per heavy atom. The van der Waals surface area contributed by atoms with Gasteiger partial charge in [-0.1, -0.05) is 15.9 Å². The largest absolute Gasteiger partial charge is 0.445 e. The van der Waals surface area contributed by atoms with Crippen LogP contribution in [-0.2, 0) is 17.5 Å². The minimum Gasteiger partial charge on any atom is -0.445 e. The Hall–Kier alpha value is -1.28. The number of carbonyl (C=O) groups is 1. The van der Waals surface area contributed by atoms with Gasteiger partial charge in [-0.3, -0.25) is 0 Å². The van der Waals surface area contributed by atoms with E-state index in [-0.39, 0.29) is 22.7 Å². The van der Waals surface area contributed by atoms with Gasteiger partial charge in [0, 0.05) is 23.6 Å². The zero-order valence-electron chi connectivity index (χ0n) is 11.7. The van der Waals surface area contributed by atoms with Gasteiger partial charge in [-0.05, 0) is 36.6 Å². The molecule has 1 aliphatic heterocycles. The lowest BCUT2D eigenvalue weighted by Gasteiger charge is -2.29. The van der Waals surface area contributed by atoms with E-state index in [4.69, 9.17) is 10.5 Å². The van der Waals surface area contributed by atoms with Crippen LogP contribution in [0.1, 0.15) is 24.0 Å². The Labute approximate surface area is 134 Å². The first-order valence-corrected chi connectivity index (χ1v) is 7.59. The molecule has 1 amide bonds. The Morgan fingerprint density at radius 3 is 2.55 bits per heavy atom. The number of nitrogens with zero attached hydrogens (tertiary/aromatic N) is 1. The number of ether oxygens (including phenoxy) is 1. The lowest BCUT2D eigenvalue weighted by molar-refractivity contribution is -0.137. The van der Waals surface area contributed by atoms with E-state index >= 15 is 0 Å². The molecular weight excluding hydrogens is 365 g/mol. The van der Waals surface area contributed by atoms with E-state index in [1.165, 1.54) is 11.0 Å². The van der Waals surface area contributed by atoms with Gasteiger partial charge in [0.1, 0.15) is 6.61 Å². The molecule has 0 saturated carbocycles. The zero-order chi connectivity index (χ0) is 16.3. The van der Waals surface area contributed by atoms with Crippen LogP contribution in [0.25, 0.3) is 0 Å². The first kappa shape index (κ1) is 17.1. The average Bonchev–Trinajstić information content (AvgIpc) is 2.44. The van der Waals surface area contributed by atoms with Crippen molar-refractivity contribution in [3.05, 3.63) is 33.8 Å². The second-order valence-electron chi connectivity index (χ2n) is 5.22. The van der Waals surface area contributed by atoms with Gasteiger partial charge in [-0.2, -0.15) is 13.2 Å². The number of rotatable bonds is 2. The Morgan fingerprint density at radius 1 is 1.32 bits per heavy atom. The normalized spacial score (nSPS) is 16.7. The van der Waals surface area contributed by atoms with Gasteiger partial charge in [-0.25, -0.2) is 4.79 Å². The highest BCUT2D eigenvalue weighted by Crippen LogP contribution is 2.32. The van der Waals surface area contributed by atoms with Crippen LogP contribution < -0.4 is 5.73 Å². The molecule has 2 N–H and O–H groups in total. The van der Waals surface area contributed by atoms with Gasteiger partial charge in [-0.15, -0.1) is 0 Å². The molecule has 1 heterocycles. The SMILES string of the molecule is NC1CCN(C(=O)OCc2cc(Br)cc(C(F)(F)F)c2)CC1. The molecule has 4 nitrogen and oxygen atoms in total. The van der Waals surface area contributed by atoms with Gasteiger partial charge in [0.25, 0.3) is 0 Å². The van der Waals surface area contributed by atoms with Crippen molar-refractivity contribution in [2.24, 2.45) is 5.73 Å². The molecule has 0 atom stereocenters. The van der Waals surface area contributed by atoms with Crippen molar-refractivity contribution in [1.29, 1.82) is 0 Å². The highest BCUT2D eigenvalue weighted by molar-refractivity contribution is 9.10. The molecule has 0 radical (unpaired) electrons. The van der Waals surface area contributed by atoms with Crippen LogP contribution in [0.15, 0.2) is 22.7 Å². The Kier molecular flexibility index (Phi) is 5.33. The molecule has 1 saturated heterocycles. The van der Waals surface area contributed by atoms with E-state index < -0.39 is 17.8 Å². The van der Waals surface area contributed by atoms with E-state index in [0.29, 0.717) is 25.9 Å². The number of likely N-dealkylation sites (tertiary alicyclic amines) is 1. The fourth-order valence-electron chi connectivity index (χ4n) is 2.22. The third-order valence-corrected chi connectivity index (χ3v) is 3.90. The Balaban J connectivity index is 1.96. The number of halogens is 4. The summed E-state index contributed by atoms with van der Waals surface area (Å²) >= 11 is 3.03. The van der Waals surface area contributed by atoms with Crippen molar-refractivity contribution in [1.82, 2.24) is 4.90 Å². The van der Waals surface area contributed by atoms with Crippen LogP contribution >= 0.6 is 15.9 Å². The molecule has 2 rings (SSSR count). The number of hydrogen-bond donors (Lipinski definition) is 1. The van der Waals surface area contributed by atoms with Crippen LogP contribution in [0.2, 0.25) is 0 Å². The maximum Gasteiger partial charge on any atom is 0.416 e. The number of carbonyl (C=O) groups excluding carboxylic acids is 1. The molecule has 8 heteroatoms. The van der Waals surface area contributed by atoms with E-state index in [0.717, 1.165) is 12.1 Å². The molecular formula is C14H16BrF3N2O2. The van der Waals surface area contributed by atoms with Gasteiger partial charge in [0.15, 0.2) is 0 Å². The number of alkyl halides is 3. The maximum atomic E-state index is 12.7. The number of hydrogen-bond acceptors (Lipinski definition) is 3. The van der Waals surface area contributed by atoms with Crippen molar-refractivity contribution in [2.75, 3.05) is 13.1 Å². The van der Waals surface area contributed by atoms with Crippen LogP contribution in [0, 0.1) is 0 Å². The fourth-order valence-corrected chi connectivity index (χ4v) is 2.76. The lowest BCUT2D eigenvalue weighted by atomic mass is 10.1. The van der Waals surface area contributed by atoms with E-state index in [1.54, 1.807) is 0 Å². The summed E-state index contributed by atoms with van der Waals surface area (Å²) in [5.74, 6) is 0. The van der Waals surface area contributed by atoms with Gasteiger partial charge >= 0.3 is 12.3 Å². The van der Waals surface area contributed by atoms with Gasteiger partial charge in [0.05, 0.1) is 5.56 Å². The third kappa shape index (κ3) is 4.61. The molecule has 1 aliphatic rings. The van der Waals surface area contributed by atoms with Gasteiger partial charge in [0.2, 0.25) is 0 Å². The van der Waals surface area contributed by atoms with Crippen molar-refractivity contribution >= 4 is 22.0 Å². The van der Waals surface area contributed by atoms with Crippen molar-refractivity contribution in [3.63, 3.8) is 0 Å². The minimum absolute atomic E-state index is 0.0865. The molecule has 22 heavy (non-hydrogen) atoms. The van der Waals surface area contributed by atoms with E-state index in [9.17, 15) is 18.0 Å². The Bertz CT molecular complexity index is 543. The van der Waals surface area contributed by atoms with Crippen molar-refractivity contribution in [2.45, 2.75) is 31.7 Å². The molecule has 0 aliphatic carbocycles. The topological polar surface area (TPSA) is 55.6 Å². The third-order valence-electron chi connectivity index (χ3n) is 3.45. The van der Waals surface area contributed by atoms with Crippen molar-refractivity contribution < 1.29 is 22.7 Å². The first-order valence-electron chi connectivity index (χ1n) is 6.79.